The minimum Gasteiger partial charge on any atom is -0.384 e. The summed E-state index contributed by atoms with van der Waals surface area (Å²) in [7, 11) is -4.49. The molecule has 1 aromatic carbocycles. The fourth-order valence-electron chi connectivity index (χ4n) is 2.48. The second-order valence-electron chi connectivity index (χ2n) is 7.84. The van der Waals surface area contributed by atoms with Gasteiger partial charge in [0.15, 0.2) is 0 Å². The van der Waals surface area contributed by atoms with Gasteiger partial charge in [0.2, 0.25) is 0 Å². The van der Waals surface area contributed by atoms with Crippen LogP contribution in [0.2, 0.25) is 0 Å². The quantitative estimate of drug-likeness (QED) is 0.608. The molecule has 0 aliphatic carbocycles. The van der Waals surface area contributed by atoms with Crippen LogP contribution >= 0.6 is 15.9 Å². The summed E-state index contributed by atoms with van der Waals surface area (Å²) in [5, 5.41) is 9.99. The lowest BCUT2D eigenvalue weighted by Gasteiger charge is -2.44. The monoisotopic (exact) mass is 460 g/mol. The highest BCUT2D eigenvalue weighted by Gasteiger charge is 2.62. The number of aliphatic hydroxyl groups is 1. The van der Waals surface area contributed by atoms with E-state index in [4.69, 9.17) is 0 Å². The predicted octanol–water partition coefficient (Wildman–Crippen LogP) is 3.43. The van der Waals surface area contributed by atoms with E-state index < -0.39 is 44.2 Å². The second kappa shape index (κ2) is 7.05. The number of halogens is 4. The first-order valence-corrected chi connectivity index (χ1v) is 9.99. The molecule has 0 aromatic heterocycles. The van der Waals surface area contributed by atoms with Crippen LogP contribution in [0.1, 0.15) is 47.1 Å². The lowest BCUT2D eigenvalue weighted by molar-refractivity contribution is -0.206. The third kappa shape index (κ3) is 4.98. The van der Waals surface area contributed by atoms with E-state index in [9.17, 15) is 17.9 Å². The summed E-state index contributed by atoms with van der Waals surface area (Å²) in [6, 6.07) is 3.28. The van der Waals surface area contributed by atoms with Gasteiger partial charge in [0.05, 0.1) is 0 Å². The first kappa shape index (κ1) is 23.4. The van der Waals surface area contributed by atoms with Gasteiger partial charge in [-0.25, -0.2) is 13.2 Å². The molecular formula is C16H24BrF3N2O3S. The molecule has 0 unspecified atom stereocenters. The Bertz CT molecular complexity index is 774. The van der Waals surface area contributed by atoms with Gasteiger partial charge in [-0.1, -0.05) is 15.9 Å². The van der Waals surface area contributed by atoms with Crippen molar-refractivity contribution in [2.45, 2.75) is 64.1 Å². The molecule has 1 atom stereocenters. The van der Waals surface area contributed by atoms with E-state index in [-0.39, 0.29) is 4.47 Å². The van der Waals surface area contributed by atoms with Crippen LogP contribution in [-0.2, 0) is 15.7 Å². The van der Waals surface area contributed by atoms with Crippen LogP contribution in [0, 0.1) is 5.82 Å². The molecule has 0 radical (unpaired) electrons. The molecule has 26 heavy (non-hydrogen) atoms. The minimum absolute atomic E-state index is 0.273. The predicted molar refractivity (Wildman–Crippen MR) is 97.6 cm³/mol. The van der Waals surface area contributed by atoms with Gasteiger partial charge in [-0.15, -0.1) is 0 Å². The van der Waals surface area contributed by atoms with E-state index in [1.807, 2.05) is 4.72 Å². The van der Waals surface area contributed by atoms with Gasteiger partial charge >= 0.3 is 0 Å². The Morgan fingerprint density at radius 2 is 1.54 bits per heavy atom. The van der Waals surface area contributed by atoms with Gasteiger partial charge in [0.25, 0.3) is 16.1 Å². The third-order valence-electron chi connectivity index (χ3n) is 3.64. The molecule has 0 fully saturated rings. The highest BCUT2D eigenvalue weighted by atomic mass is 79.9. The van der Waals surface area contributed by atoms with E-state index in [1.165, 1.54) is 26.8 Å². The lowest BCUT2D eigenvalue weighted by atomic mass is 9.78. The summed E-state index contributed by atoms with van der Waals surface area (Å²) >= 11 is 3.07. The topological polar surface area (TPSA) is 78.4 Å². The Morgan fingerprint density at radius 1 is 1.04 bits per heavy atom. The average Bonchev–Trinajstić information content (AvgIpc) is 2.36. The van der Waals surface area contributed by atoms with Crippen LogP contribution < -0.4 is 9.44 Å². The minimum atomic E-state index is -4.49. The van der Waals surface area contributed by atoms with Crippen molar-refractivity contribution in [3.8, 4) is 0 Å². The molecule has 5 nitrogen and oxygen atoms in total. The molecule has 0 aliphatic heterocycles. The fourth-order valence-corrected chi connectivity index (χ4v) is 4.47. The number of benzene rings is 1. The standard InChI is InChI=1S/C16H24BrF3N2O3S/c1-13(2,3)21-26(24,25)22-15(6,16(19,20)14(4,5)23)11-9-10(17)7-8-12(11)18/h7-9,21-23H,1-6H3/t15-/m1/s1. The molecule has 0 aliphatic rings. The number of nitrogens with one attached hydrogen (secondary N) is 2. The van der Waals surface area contributed by atoms with Crippen molar-refractivity contribution in [1.29, 1.82) is 0 Å². The molecule has 0 saturated carbocycles. The highest BCUT2D eigenvalue weighted by molar-refractivity contribution is 9.10. The number of hydrogen-bond donors (Lipinski definition) is 3. The first-order valence-electron chi connectivity index (χ1n) is 7.71. The van der Waals surface area contributed by atoms with Gasteiger partial charge in [0.1, 0.15) is 17.0 Å². The zero-order chi connectivity index (χ0) is 20.8. The molecule has 150 valence electrons. The maximum atomic E-state index is 15.2. The van der Waals surface area contributed by atoms with Crippen LogP contribution in [0.15, 0.2) is 22.7 Å². The Labute approximate surface area is 160 Å². The normalized spacial score (nSPS) is 16.4. The van der Waals surface area contributed by atoms with Crippen molar-refractivity contribution < 1.29 is 26.7 Å². The zero-order valence-corrected chi connectivity index (χ0v) is 17.8. The first-order chi connectivity index (χ1) is 11.3. The van der Waals surface area contributed by atoms with Crippen LogP contribution in [0.25, 0.3) is 0 Å². The van der Waals surface area contributed by atoms with E-state index in [2.05, 4.69) is 20.7 Å². The van der Waals surface area contributed by atoms with E-state index in [0.29, 0.717) is 0 Å². The molecule has 1 aromatic rings. The molecule has 0 heterocycles. The summed E-state index contributed by atoms with van der Waals surface area (Å²) in [4.78, 5) is 0. The highest BCUT2D eigenvalue weighted by Crippen LogP contribution is 2.46. The lowest BCUT2D eigenvalue weighted by Crippen LogP contribution is -2.66. The maximum Gasteiger partial charge on any atom is 0.298 e. The smallest absolute Gasteiger partial charge is 0.298 e. The van der Waals surface area contributed by atoms with Crippen LogP contribution in [0.3, 0.4) is 0 Å². The molecule has 0 saturated heterocycles. The molecule has 0 bridgehead atoms. The second-order valence-corrected chi connectivity index (χ2v) is 10.2. The van der Waals surface area contributed by atoms with Gasteiger partial charge < -0.3 is 5.11 Å². The van der Waals surface area contributed by atoms with Crippen molar-refractivity contribution in [1.82, 2.24) is 9.44 Å². The van der Waals surface area contributed by atoms with Crippen molar-refractivity contribution >= 4 is 26.1 Å². The largest absolute Gasteiger partial charge is 0.384 e. The van der Waals surface area contributed by atoms with Crippen LogP contribution in [0.4, 0.5) is 13.2 Å². The number of alkyl halides is 2. The van der Waals surface area contributed by atoms with Crippen molar-refractivity contribution in [2.75, 3.05) is 0 Å². The van der Waals surface area contributed by atoms with Gasteiger partial charge in [-0.05, 0) is 59.7 Å². The molecular weight excluding hydrogens is 437 g/mol. The SMILES string of the molecule is CC(C)(C)NS(=O)(=O)N[C@](C)(c1cc(Br)ccc1F)C(F)(F)C(C)(C)O. The Hall–Kier alpha value is -0.680. The summed E-state index contributed by atoms with van der Waals surface area (Å²) in [5.74, 6) is -5.12. The Kier molecular flexibility index (Phi) is 6.33. The van der Waals surface area contributed by atoms with Crippen LogP contribution in [0.5, 0.6) is 0 Å². The summed E-state index contributed by atoms with van der Waals surface area (Å²) in [6.07, 6.45) is 0. The van der Waals surface area contributed by atoms with Crippen molar-refractivity contribution in [3.05, 3.63) is 34.1 Å². The Morgan fingerprint density at radius 3 is 1.96 bits per heavy atom. The summed E-state index contributed by atoms with van der Waals surface area (Å²) < 4.78 is 73.9. The average molecular weight is 461 g/mol. The summed E-state index contributed by atoms with van der Waals surface area (Å²) in [5.41, 5.74) is -7.01. The van der Waals surface area contributed by atoms with Crippen molar-refractivity contribution in [3.63, 3.8) is 0 Å². The molecule has 10 heteroatoms. The van der Waals surface area contributed by atoms with Gasteiger partial charge in [-0.3, -0.25) is 0 Å². The molecule has 1 rings (SSSR count). The fraction of sp³-hybridized carbons (Fsp3) is 0.625. The molecule has 0 amide bonds. The molecule has 3 N–H and O–H groups in total. The number of rotatable bonds is 6. The van der Waals surface area contributed by atoms with Crippen molar-refractivity contribution in [2.24, 2.45) is 0 Å². The summed E-state index contributed by atoms with van der Waals surface area (Å²) in [6.45, 7) is 7.06. The van der Waals surface area contributed by atoms with Crippen LogP contribution in [-0.4, -0.2) is 30.6 Å². The maximum absolute atomic E-state index is 15.2. The van der Waals surface area contributed by atoms with E-state index in [1.54, 1.807) is 0 Å². The third-order valence-corrected chi connectivity index (χ3v) is 5.69. The number of hydrogen-bond acceptors (Lipinski definition) is 3. The van der Waals surface area contributed by atoms with E-state index >= 15 is 8.78 Å². The van der Waals surface area contributed by atoms with E-state index in [0.717, 1.165) is 32.9 Å². The Balaban J connectivity index is 3.67. The van der Waals surface area contributed by atoms with Gasteiger partial charge in [-0.2, -0.15) is 17.9 Å². The zero-order valence-electron chi connectivity index (χ0n) is 15.4. The molecule has 0 spiro atoms. The van der Waals surface area contributed by atoms with Gasteiger partial charge in [0, 0.05) is 15.6 Å².